The molecule has 0 aromatic carbocycles. The lowest BCUT2D eigenvalue weighted by atomic mass is 9.98. The predicted octanol–water partition coefficient (Wildman–Crippen LogP) is 4.02. The first kappa shape index (κ1) is 19.1. The number of epoxide rings is 1. The zero-order valence-corrected chi connectivity index (χ0v) is 15.7. The molecule has 126 valence electrons. The van der Waals surface area contributed by atoms with Gasteiger partial charge in [-0.3, -0.25) is 0 Å². The molecular weight excluding hydrogens is 284 g/mol. The van der Waals surface area contributed by atoms with Gasteiger partial charge in [-0.2, -0.15) is 0 Å². The monoisotopic (exact) mass is 318 g/mol. The highest BCUT2D eigenvalue weighted by Crippen LogP contribution is 2.39. The molecule has 1 aliphatic rings. The molecule has 2 atom stereocenters. The van der Waals surface area contributed by atoms with Gasteiger partial charge in [0, 0.05) is 25.9 Å². The standard InChI is InChI=1S/C16H34O4Si/c1-7-17-21(18-8-2,19-9-3)13-12-14(4)10-11-15-16(5,6)20-15/h14-15H,7-13H2,1-6H3. The van der Waals surface area contributed by atoms with Crippen molar-refractivity contribution in [3.8, 4) is 0 Å². The fourth-order valence-corrected chi connectivity index (χ4v) is 5.59. The molecule has 0 amide bonds. The molecule has 0 aliphatic carbocycles. The van der Waals surface area contributed by atoms with E-state index in [9.17, 15) is 0 Å². The third-order valence-electron chi connectivity index (χ3n) is 4.12. The quantitative estimate of drug-likeness (QED) is 0.402. The van der Waals surface area contributed by atoms with Crippen LogP contribution in [0.1, 0.15) is 60.8 Å². The van der Waals surface area contributed by atoms with Crippen molar-refractivity contribution in [3.05, 3.63) is 0 Å². The minimum Gasteiger partial charge on any atom is -0.374 e. The molecule has 2 unspecified atom stereocenters. The molecule has 0 aromatic heterocycles. The van der Waals surface area contributed by atoms with Crippen LogP contribution in [0.5, 0.6) is 0 Å². The fraction of sp³-hybridized carbons (Fsp3) is 1.00. The molecule has 0 spiro atoms. The number of hydrogen-bond acceptors (Lipinski definition) is 4. The Balaban J connectivity index is 2.36. The molecule has 0 N–H and O–H groups in total. The molecule has 0 radical (unpaired) electrons. The lowest BCUT2D eigenvalue weighted by molar-refractivity contribution is 0.0696. The lowest BCUT2D eigenvalue weighted by Crippen LogP contribution is -2.46. The summed E-state index contributed by atoms with van der Waals surface area (Å²) in [6, 6.07) is 0.915. The Morgan fingerprint density at radius 2 is 1.48 bits per heavy atom. The average Bonchev–Trinajstić information content (AvgIpc) is 3.03. The average molecular weight is 319 g/mol. The predicted molar refractivity (Wildman–Crippen MR) is 87.4 cm³/mol. The van der Waals surface area contributed by atoms with Crippen LogP contribution in [0.3, 0.4) is 0 Å². The Labute approximate surface area is 131 Å². The number of ether oxygens (including phenoxy) is 1. The first-order valence-corrected chi connectivity index (χ1v) is 10.4. The first-order chi connectivity index (χ1) is 9.89. The van der Waals surface area contributed by atoms with Crippen LogP contribution in [0, 0.1) is 5.92 Å². The van der Waals surface area contributed by atoms with E-state index >= 15 is 0 Å². The van der Waals surface area contributed by atoms with Gasteiger partial charge in [-0.15, -0.1) is 0 Å². The highest BCUT2D eigenvalue weighted by molar-refractivity contribution is 6.60. The Morgan fingerprint density at radius 3 is 1.86 bits per heavy atom. The van der Waals surface area contributed by atoms with Gasteiger partial charge < -0.3 is 18.0 Å². The molecule has 1 saturated heterocycles. The van der Waals surface area contributed by atoms with Crippen molar-refractivity contribution >= 4 is 8.80 Å². The van der Waals surface area contributed by atoms with E-state index in [1.807, 2.05) is 20.8 Å². The summed E-state index contributed by atoms with van der Waals surface area (Å²) in [7, 11) is -2.46. The van der Waals surface area contributed by atoms with Crippen molar-refractivity contribution in [2.45, 2.75) is 78.6 Å². The molecule has 1 aliphatic heterocycles. The highest BCUT2D eigenvalue weighted by atomic mass is 28.4. The van der Waals surface area contributed by atoms with Gasteiger partial charge in [0.05, 0.1) is 11.7 Å². The van der Waals surface area contributed by atoms with Gasteiger partial charge in [0.25, 0.3) is 0 Å². The number of hydrogen-bond donors (Lipinski definition) is 0. The second kappa shape index (κ2) is 8.63. The van der Waals surface area contributed by atoms with Crippen molar-refractivity contribution in [1.82, 2.24) is 0 Å². The van der Waals surface area contributed by atoms with Crippen molar-refractivity contribution in [2.24, 2.45) is 5.92 Å². The van der Waals surface area contributed by atoms with Crippen LogP contribution in [0.15, 0.2) is 0 Å². The van der Waals surface area contributed by atoms with Gasteiger partial charge in [-0.25, -0.2) is 0 Å². The molecule has 0 saturated carbocycles. The van der Waals surface area contributed by atoms with Gasteiger partial charge >= 0.3 is 8.80 Å². The molecule has 4 nitrogen and oxygen atoms in total. The van der Waals surface area contributed by atoms with Crippen molar-refractivity contribution in [2.75, 3.05) is 19.8 Å². The number of rotatable bonds is 12. The van der Waals surface area contributed by atoms with E-state index in [4.69, 9.17) is 18.0 Å². The minimum absolute atomic E-state index is 0.111. The Hall–Kier alpha value is 0.0569. The Bertz CT molecular complexity index is 279. The van der Waals surface area contributed by atoms with Crippen LogP contribution in [0.4, 0.5) is 0 Å². The molecule has 5 heteroatoms. The van der Waals surface area contributed by atoms with Gasteiger partial charge in [0.1, 0.15) is 0 Å². The van der Waals surface area contributed by atoms with Crippen molar-refractivity contribution in [3.63, 3.8) is 0 Å². The minimum atomic E-state index is -2.46. The Morgan fingerprint density at radius 1 is 1.00 bits per heavy atom. The highest BCUT2D eigenvalue weighted by Gasteiger charge is 2.47. The van der Waals surface area contributed by atoms with Crippen LogP contribution in [0.2, 0.25) is 6.04 Å². The summed E-state index contributed by atoms with van der Waals surface area (Å²) in [6.07, 6.45) is 3.90. The van der Waals surface area contributed by atoms with Crippen molar-refractivity contribution < 1.29 is 18.0 Å². The summed E-state index contributed by atoms with van der Waals surface area (Å²) in [5.41, 5.74) is 0.111. The van der Waals surface area contributed by atoms with Gasteiger partial charge in [-0.1, -0.05) is 6.92 Å². The molecule has 0 aromatic rings. The van der Waals surface area contributed by atoms with E-state index < -0.39 is 8.80 Å². The molecule has 1 rings (SSSR count). The second-order valence-corrected chi connectivity index (χ2v) is 9.15. The lowest BCUT2D eigenvalue weighted by Gasteiger charge is -2.29. The maximum absolute atomic E-state index is 5.90. The van der Waals surface area contributed by atoms with Crippen LogP contribution in [-0.2, 0) is 18.0 Å². The molecule has 1 fully saturated rings. The van der Waals surface area contributed by atoms with E-state index in [0.29, 0.717) is 31.8 Å². The first-order valence-electron chi connectivity index (χ1n) is 8.48. The maximum atomic E-state index is 5.90. The van der Waals surface area contributed by atoms with Crippen LogP contribution in [-0.4, -0.2) is 40.3 Å². The van der Waals surface area contributed by atoms with Crippen LogP contribution >= 0.6 is 0 Å². The van der Waals surface area contributed by atoms with E-state index in [1.165, 1.54) is 6.42 Å². The third kappa shape index (κ3) is 6.36. The topological polar surface area (TPSA) is 40.2 Å². The van der Waals surface area contributed by atoms with Gasteiger partial charge in [0.15, 0.2) is 0 Å². The van der Waals surface area contributed by atoms with E-state index in [-0.39, 0.29) is 5.60 Å². The molecule has 21 heavy (non-hydrogen) atoms. The summed E-state index contributed by atoms with van der Waals surface area (Å²) < 4.78 is 23.4. The molecular formula is C16H34O4Si. The summed E-state index contributed by atoms with van der Waals surface area (Å²) in [4.78, 5) is 0. The third-order valence-corrected chi connectivity index (χ3v) is 7.21. The maximum Gasteiger partial charge on any atom is 0.500 e. The van der Waals surface area contributed by atoms with Crippen LogP contribution < -0.4 is 0 Å². The van der Waals surface area contributed by atoms with Gasteiger partial charge in [-0.05, 0) is 59.8 Å². The normalized spacial score (nSPS) is 22.3. The van der Waals surface area contributed by atoms with Crippen LogP contribution in [0.25, 0.3) is 0 Å². The summed E-state index contributed by atoms with van der Waals surface area (Å²) in [5.74, 6) is 0.651. The zero-order valence-electron chi connectivity index (χ0n) is 14.7. The zero-order chi connectivity index (χ0) is 15.9. The molecule has 1 heterocycles. The second-order valence-electron chi connectivity index (χ2n) is 6.41. The van der Waals surface area contributed by atoms with E-state index in [0.717, 1.165) is 18.9 Å². The largest absolute Gasteiger partial charge is 0.500 e. The van der Waals surface area contributed by atoms with E-state index in [1.54, 1.807) is 0 Å². The summed E-state index contributed by atoms with van der Waals surface area (Å²) >= 11 is 0. The fourth-order valence-electron chi connectivity index (χ4n) is 2.74. The van der Waals surface area contributed by atoms with E-state index in [2.05, 4.69) is 20.8 Å². The summed E-state index contributed by atoms with van der Waals surface area (Å²) in [5, 5.41) is 0. The summed E-state index contributed by atoms with van der Waals surface area (Å²) in [6.45, 7) is 14.6. The van der Waals surface area contributed by atoms with Gasteiger partial charge in [0.2, 0.25) is 0 Å². The van der Waals surface area contributed by atoms with Crippen molar-refractivity contribution in [1.29, 1.82) is 0 Å². The SMILES string of the molecule is CCO[Si](CCC(C)CCC1OC1(C)C)(OCC)OCC. The molecule has 0 bridgehead atoms. The smallest absolute Gasteiger partial charge is 0.374 e. The Kier molecular flexibility index (Phi) is 7.85.